The molecule has 6 nitrogen and oxygen atoms in total. The summed E-state index contributed by atoms with van der Waals surface area (Å²) in [4.78, 5) is 31.2. The Bertz CT molecular complexity index is 1380. The van der Waals surface area contributed by atoms with E-state index in [0.29, 0.717) is 29.9 Å². The Morgan fingerprint density at radius 3 is 2.39 bits per heavy atom. The molecule has 0 unspecified atom stereocenters. The lowest BCUT2D eigenvalue weighted by Gasteiger charge is -2.15. The van der Waals surface area contributed by atoms with Crippen LogP contribution in [-0.2, 0) is 13.1 Å². The lowest BCUT2D eigenvalue weighted by Crippen LogP contribution is -2.41. The van der Waals surface area contributed by atoms with Crippen LogP contribution < -0.4 is 11.2 Å². The molecule has 0 amide bonds. The van der Waals surface area contributed by atoms with E-state index < -0.39 is 5.69 Å². The molecule has 0 aliphatic heterocycles. The predicted octanol–water partition coefficient (Wildman–Crippen LogP) is 3.81. The van der Waals surface area contributed by atoms with Crippen molar-refractivity contribution in [1.82, 2.24) is 18.7 Å². The minimum atomic E-state index is -0.398. The molecule has 0 fully saturated rings. The summed E-state index contributed by atoms with van der Waals surface area (Å²) >= 11 is 0. The number of halogens is 1. The van der Waals surface area contributed by atoms with Gasteiger partial charge in [0.1, 0.15) is 5.82 Å². The summed E-state index contributed by atoms with van der Waals surface area (Å²) in [5.74, 6) is -0.203. The van der Waals surface area contributed by atoms with Gasteiger partial charge in [0.2, 0.25) is 0 Å². The molecule has 0 atom stereocenters. The number of imidazole rings is 1. The smallest absolute Gasteiger partial charge is 0.320 e. The standard InChI is InChI=1S/C24H25FN4O2/c1-15(2)12-28-23(30)21-22(26-14-27(21)13-18-6-8-19(25)9-7-18)29(24(28)31)20-10-5-16(3)11-17(20)4/h5-11,14-15H,12-13H2,1-4H3. The van der Waals surface area contributed by atoms with Gasteiger partial charge in [-0.15, -0.1) is 0 Å². The molecule has 4 aromatic rings. The average molecular weight is 420 g/mol. The van der Waals surface area contributed by atoms with Crippen LogP contribution in [0.15, 0.2) is 58.4 Å². The number of rotatable bonds is 5. The highest BCUT2D eigenvalue weighted by atomic mass is 19.1. The Labute approximate surface area is 179 Å². The molecule has 0 saturated carbocycles. The molecule has 7 heteroatoms. The van der Waals surface area contributed by atoms with Crippen molar-refractivity contribution in [3.8, 4) is 5.69 Å². The maximum absolute atomic E-state index is 13.4. The van der Waals surface area contributed by atoms with Gasteiger partial charge < -0.3 is 4.57 Å². The summed E-state index contributed by atoms with van der Waals surface area (Å²) in [5.41, 5.74) is 3.45. The molecule has 2 aromatic carbocycles. The van der Waals surface area contributed by atoms with Crippen LogP contribution in [-0.4, -0.2) is 18.7 Å². The topological polar surface area (TPSA) is 61.8 Å². The first kappa shape index (κ1) is 20.8. The Kier molecular flexibility index (Phi) is 5.35. The predicted molar refractivity (Wildman–Crippen MR) is 119 cm³/mol. The molecule has 2 aromatic heterocycles. The molecule has 31 heavy (non-hydrogen) atoms. The van der Waals surface area contributed by atoms with E-state index in [9.17, 15) is 14.0 Å². The molecule has 160 valence electrons. The highest BCUT2D eigenvalue weighted by molar-refractivity contribution is 5.73. The molecular weight excluding hydrogens is 395 g/mol. The lowest BCUT2D eigenvalue weighted by atomic mass is 10.1. The van der Waals surface area contributed by atoms with E-state index in [1.54, 1.807) is 23.0 Å². The summed E-state index contributed by atoms with van der Waals surface area (Å²) in [6.45, 7) is 8.51. The van der Waals surface area contributed by atoms with Crippen molar-refractivity contribution >= 4 is 11.2 Å². The van der Waals surface area contributed by atoms with E-state index in [-0.39, 0.29) is 17.3 Å². The van der Waals surface area contributed by atoms with E-state index >= 15 is 0 Å². The van der Waals surface area contributed by atoms with Crippen molar-refractivity contribution in [2.75, 3.05) is 0 Å². The summed E-state index contributed by atoms with van der Waals surface area (Å²) in [6.07, 6.45) is 1.56. The molecule has 0 N–H and O–H groups in total. The van der Waals surface area contributed by atoms with Crippen molar-refractivity contribution in [3.63, 3.8) is 0 Å². The molecule has 0 aliphatic carbocycles. The number of hydrogen-bond donors (Lipinski definition) is 0. The fourth-order valence-corrected chi connectivity index (χ4v) is 3.89. The van der Waals surface area contributed by atoms with Gasteiger partial charge in [0.05, 0.1) is 12.0 Å². The first-order valence-corrected chi connectivity index (χ1v) is 10.3. The maximum atomic E-state index is 13.4. The second-order valence-electron chi connectivity index (χ2n) is 8.39. The minimum absolute atomic E-state index is 0.115. The monoisotopic (exact) mass is 420 g/mol. The van der Waals surface area contributed by atoms with Crippen LogP contribution in [0.3, 0.4) is 0 Å². The first-order chi connectivity index (χ1) is 14.8. The fourth-order valence-electron chi connectivity index (χ4n) is 3.89. The van der Waals surface area contributed by atoms with Crippen molar-refractivity contribution < 1.29 is 4.39 Å². The zero-order valence-electron chi connectivity index (χ0n) is 18.1. The van der Waals surface area contributed by atoms with Gasteiger partial charge in [-0.1, -0.05) is 43.7 Å². The Balaban J connectivity index is 2.01. The van der Waals surface area contributed by atoms with Crippen LogP contribution in [0.5, 0.6) is 0 Å². The normalized spacial score (nSPS) is 11.5. The van der Waals surface area contributed by atoms with Crippen molar-refractivity contribution in [3.05, 3.63) is 92.1 Å². The average Bonchev–Trinajstić information content (AvgIpc) is 3.12. The van der Waals surface area contributed by atoms with Crippen LogP contribution >= 0.6 is 0 Å². The molecule has 4 rings (SSSR count). The molecule has 2 heterocycles. The van der Waals surface area contributed by atoms with Crippen molar-refractivity contribution in [2.24, 2.45) is 5.92 Å². The number of benzene rings is 2. The van der Waals surface area contributed by atoms with Gasteiger partial charge in [-0.2, -0.15) is 0 Å². The highest BCUT2D eigenvalue weighted by Crippen LogP contribution is 2.19. The first-order valence-electron chi connectivity index (χ1n) is 10.3. The highest BCUT2D eigenvalue weighted by Gasteiger charge is 2.20. The van der Waals surface area contributed by atoms with Crippen LogP contribution in [0.1, 0.15) is 30.5 Å². The number of aryl methyl sites for hydroxylation is 2. The van der Waals surface area contributed by atoms with E-state index in [2.05, 4.69) is 4.98 Å². The van der Waals surface area contributed by atoms with E-state index in [1.807, 2.05) is 45.9 Å². The molecular formula is C24H25FN4O2. The summed E-state index contributed by atoms with van der Waals surface area (Å²) in [5, 5.41) is 0. The third kappa shape index (κ3) is 3.83. The Morgan fingerprint density at radius 1 is 1.03 bits per heavy atom. The zero-order chi connectivity index (χ0) is 22.3. The van der Waals surface area contributed by atoms with Crippen molar-refractivity contribution in [1.29, 1.82) is 0 Å². The third-order valence-electron chi connectivity index (χ3n) is 5.31. The Hall–Kier alpha value is -3.48. The molecule has 0 spiro atoms. The number of nitrogens with zero attached hydrogens (tertiary/aromatic N) is 4. The van der Waals surface area contributed by atoms with E-state index in [4.69, 9.17) is 0 Å². The summed E-state index contributed by atoms with van der Waals surface area (Å²) in [7, 11) is 0. The third-order valence-corrected chi connectivity index (χ3v) is 5.31. The van der Waals surface area contributed by atoms with Crippen LogP contribution in [0.4, 0.5) is 4.39 Å². The maximum Gasteiger partial charge on any atom is 0.337 e. The van der Waals surface area contributed by atoms with Crippen LogP contribution in [0.2, 0.25) is 0 Å². The quantitative estimate of drug-likeness (QED) is 0.493. The van der Waals surface area contributed by atoms with Gasteiger partial charge in [-0.05, 0) is 49.1 Å². The second-order valence-corrected chi connectivity index (χ2v) is 8.39. The Morgan fingerprint density at radius 2 is 1.74 bits per heavy atom. The molecule has 0 aliphatic rings. The van der Waals surface area contributed by atoms with E-state index in [1.165, 1.54) is 21.3 Å². The number of fused-ring (bicyclic) bond motifs is 1. The fraction of sp³-hybridized carbons (Fsp3) is 0.292. The van der Waals surface area contributed by atoms with E-state index in [0.717, 1.165) is 16.7 Å². The zero-order valence-corrected chi connectivity index (χ0v) is 18.1. The molecule has 0 radical (unpaired) electrons. The molecule has 0 bridgehead atoms. The van der Waals surface area contributed by atoms with Crippen LogP contribution in [0.25, 0.3) is 16.9 Å². The summed E-state index contributed by atoms with van der Waals surface area (Å²) < 4.78 is 17.8. The largest absolute Gasteiger partial charge is 0.337 e. The lowest BCUT2D eigenvalue weighted by molar-refractivity contribution is 0.488. The van der Waals surface area contributed by atoms with Gasteiger partial charge >= 0.3 is 5.69 Å². The van der Waals surface area contributed by atoms with Gasteiger partial charge in [0.15, 0.2) is 11.2 Å². The van der Waals surface area contributed by atoms with Gasteiger partial charge in [0.25, 0.3) is 5.56 Å². The van der Waals surface area contributed by atoms with Crippen LogP contribution in [0, 0.1) is 25.6 Å². The van der Waals surface area contributed by atoms with Gasteiger partial charge in [-0.25, -0.2) is 18.7 Å². The summed E-state index contributed by atoms with van der Waals surface area (Å²) in [6, 6.07) is 11.9. The SMILES string of the molecule is Cc1ccc(-n2c(=O)n(CC(C)C)c(=O)c3c2ncn3Cc2ccc(F)cc2)c(C)c1. The number of aromatic nitrogens is 4. The van der Waals surface area contributed by atoms with Crippen molar-refractivity contribution in [2.45, 2.75) is 40.8 Å². The number of hydrogen-bond acceptors (Lipinski definition) is 3. The minimum Gasteiger partial charge on any atom is -0.320 e. The van der Waals surface area contributed by atoms with Gasteiger partial charge in [0, 0.05) is 13.1 Å². The second kappa shape index (κ2) is 7.98. The van der Waals surface area contributed by atoms with Gasteiger partial charge in [-0.3, -0.25) is 9.36 Å². The molecule has 0 saturated heterocycles.